The molecular formula is C24H25FN4O4. The molecule has 1 fully saturated rings. The van der Waals surface area contributed by atoms with Crippen molar-refractivity contribution in [2.24, 2.45) is 0 Å². The second-order valence-corrected chi connectivity index (χ2v) is 7.69. The number of halogens is 1. The molecule has 0 spiro atoms. The van der Waals surface area contributed by atoms with Gasteiger partial charge in [-0.25, -0.2) is 9.07 Å². The van der Waals surface area contributed by atoms with Gasteiger partial charge < -0.3 is 19.7 Å². The Morgan fingerprint density at radius 1 is 1.00 bits per heavy atom. The molecule has 1 aromatic heterocycles. The highest BCUT2D eigenvalue weighted by molar-refractivity contribution is 6.08. The van der Waals surface area contributed by atoms with Crippen molar-refractivity contribution in [3.8, 4) is 17.2 Å². The molecule has 172 valence electrons. The van der Waals surface area contributed by atoms with Crippen LogP contribution in [0.25, 0.3) is 5.69 Å². The number of rotatable bonds is 6. The number of benzene rings is 2. The predicted octanol–water partition coefficient (Wildman–Crippen LogP) is 3.91. The topological polar surface area (TPSA) is 85.7 Å². The van der Waals surface area contributed by atoms with Crippen LogP contribution in [0.3, 0.4) is 0 Å². The summed E-state index contributed by atoms with van der Waals surface area (Å²) in [7, 11) is 2.97. The molecule has 0 radical (unpaired) electrons. The van der Waals surface area contributed by atoms with E-state index in [4.69, 9.17) is 9.47 Å². The Labute approximate surface area is 190 Å². The number of aromatic nitrogens is 2. The van der Waals surface area contributed by atoms with Gasteiger partial charge in [-0.2, -0.15) is 5.10 Å². The van der Waals surface area contributed by atoms with Crippen LogP contribution in [0.15, 0.2) is 48.7 Å². The molecule has 1 saturated heterocycles. The molecule has 2 aromatic carbocycles. The molecule has 2 heterocycles. The van der Waals surface area contributed by atoms with Crippen LogP contribution in [0.1, 0.15) is 40.1 Å². The predicted molar refractivity (Wildman–Crippen MR) is 121 cm³/mol. The van der Waals surface area contributed by atoms with Gasteiger partial charge in [-0.05, 0) is 49.6 Å². The standard InChI is InChI=1S/C24H25FN4O4/c1-32-21-14-18(24(31)28-10-4-3-5-11-28)20(15-22(21)33-2)26-23(30)19-9-12-29(27-19)17-8-6-7-16(25)13-17/h6-9,12-15H,3-5,10-11H2,1-2H3,(H,26,30). The molecule has 2 amide bonds. The highest BCUT2D eigenvalue weighted by atomic mass is 19.1. The monoisotopic (exact) mass is 452 g/mol. The quantitative estimate of drug-likeness (QED) is 0.613. The molecule has 1 N–H and O–H groups in total. The number of methoxy groups -OCH3 is 2. The highest BCUT2D eigenvalue weighted by Gasteiger charge is 2.25. The minimum atomic E-state index is -0.509. The fourth-order valence-electron chi connectivity index (χ4n) is 3.82. The van der Waals surface area contributed by atoms with Gasteiger partial charge in [0.15, 0.2) is 17.2 Å². The van der Waals surface area contributed by atoms with E-state index >= 15 is 0 Å². The maximum absolute atomic E-state index is 13.5. The molecular weight excluding hydrogens is 427 g/mol. The minimum Gasteiger partial charge on any atom is -0.493 e. The lowest BCUT2D eigenvalue weighted by molar-refractivity contribution is 0.0725. The fourth-order valence-corrected chi connectivity index (χ4v) is 3.82. The third-order valence-corrected chi connectivity index (χ3v) is 5.54. The zero-order chi connectivity index (χ0) is 23.4. The second-order valence-electron chi connectivity index (χ2n) is 7.69. The van der Waals surface area contributed by atoms with Crippen molar-refractivity contribution >= 4 is 17.5 Å². The summed E-state index contributed by atoms with van der Waals surface area (Å²) < 4.78 is 25.7. The zero-order valence-corrected chi connectivity index (χ0v) is 18.5. The number of nitrogens with one attached hydrogen (secondary N) is 1. The van der Waals surface area contributed by atoms with Crippen LogP contribution in [0.5, 0.6) is 11.5 Å². The molecule has 33 heavy (non-hydrogen) atoms. The van der Waals surface area contributed by atoms with Crippen molar-refractivity contribution in [3.63, 3.8) is 0 Å². The summed E-state index contributed by atoms with van der Waals surface area (Å²) in [4.78, 5) is 28.0. The first kappa shape index (κ1) is 22.3. The number of carbonyl (C=O) groups is 2. The Hall–Kier alpha value is -3.88. The number of ether oxygens (including phenoxy) is 2. The number of amides is 2. The average Bonchev–Trinajstić information content (AvgIpc) is 3.34. The van der Waals surface area contributed by atoms with Crippen LogP contribution in [0.4, 0.5) is 10.1 Å². The van der Waals surface area contributed by atoms with Gasteiger partial charge in [-0.3, -0.25) is 9.59 Å². The van der Waals surface area contributed by atoms with Gasteiger partial charge in [0.25, 0.3) is 11.8 Å². The lowest BCUT2D eigenvalue weighted by Gasteiger charge is -2.28. The van der Waals surface area contributed by atoms with Crippen molar-refractivity contribution in [3.05, 3.63) is 65.7 Å². The lowest BCUT2D eigenvalue weighted by Crippen LogP contribution is -2.36. The number of piperidine rings is 1. The summed E-state index contributed by atoms with van der Waals surface area (Å²) in [6.07, 6.45) is 4.54. The van der Waals surface area contributed by atoms with E-state index in [0.717, 1.165) is 19.3 Å². The van der Waals surface area contributed by atoms with Gasteiger partial charge in [-0.15, -0.1) is 0 Å². The van der Waals surface area contributed by atoms with E-state index in [2.05, 4.69) is 10.4 Å². The Morgan fingerprint density at radius 3 is 2.42 bits per heavy atom. The van der Waals surface area contributed by atoms with Crippen LogP contribution in [-0.2, 0) is 0 Å². The van der Waals surface area contributed by atoms with Crippen LogP contribution in [0, 0.1) is 5.82 Å². The maximum Gasteiger partial charge on any atom is 0.276 e. The van der Waals surface area contributed by atoms with Crippen LogP contribution in [0.2, 0.25) is 0 Å². The summed E-state index contributed by atoms with van der Waals surface area (Å²) in [6.45, 7) is 1.33. The molecule has 0 bridgehead atoms. The van der Waals surface area contributed by atoms with Crippen LogP contribution < -0.4 is 14.8 Å². The molecule has 1 aliphatic heterocycles. The largest absolute Gasteiger partial charge is 0.493 e. The van der Waals surface area contributed by atoms with Crippen LogP contribution >= 0.6 is 0 Å². The number of likely N-dealkylation sites (tertiary alicyclic amines) is 1. The van der Waals surface area contributed by atoms with Crippen molar-refractivity contribution in [1.29, 1.82) is 0 Å². The lowest BCUT2D eigenvalue weighted by atomic mass is 10.1. The Kier molecular flexibility index (Phi) is 6.58. The zero-order valence-electron chi connectivity index (χ0n) is 18.5. The maximum atomic E-state index is 13.5. The van der Waals surface area contributed by atoms with Gasteiger partial charge in [0.05, 0.1) is 31.2 Å². The fraction of sp³-hybridized carbons (Fsp3) is 0.292. The summed E-state index contributed by atoms with van der Waals surface area (Å²) in [5, 5.41) is 7.02. The Morgan fingerprint density at radius 2 is 1.73 bits per heavy atom. The van der Waals surface area contributed by atoms with Crippen molar-refractivity contribution < 1.29 is 23.5 Å². The number of nitrogens with zero attached hydrogens (tertiary/aromatic N) is 3. The van der Waals surface area contributed by atoms with Crippen LogP contribution in [-0.4, -0.2) is 53.8 Å². The van der Waals surface area contributed by atoms with E-state index in [1.807, 2.05) is 0 Å². The normalized spacial score (nSPS) is 13.5. The van der Waals surface area contributed by atoms with E-state index < -0.39 is 11.7 Å². The molecule has 4 rings (SSSR count). The molecule has 9 heteroatoms. The summed E-state index contributed by atoms with van der Waals surface area (Å²) in [5.41, 5.74) is 1.22. The first-order valence-electron chi connectivity index (χ1n) is 10.7. The molecule has 0 aliphatic carbocycles. The van der Waals surface area contributed by atoms with E-state index in [1.165, 1.54) is 37.1 Å². The van der Waals surface area contributed by atoms with Crippen molar-refractivity contribution in [1.82, 2.24) is 14.7 Å². The number of anilines is 1. The van der Waals surface area contributed by atoms with Crippen molar-refractivity contribution in [2.45, 2.75) is 19.3 Å². The van der Waals surface area contributed by atoms with Gasteiger partial charge in [-0.1, -0.05) is 6.07 Å². The SMILES string of the molecule is COc1cc(NC(=O)c2ccn(-c3cccc(F)c3)n2)c(C(=O)N2CCCCC2)cc1OC. The van der Waals surface area contributed by atoms with Gasteiger partial charge >= 0.3 is 0 Å². The molecule has 0 saturated carbocycles. The Bertz CT molecular complexity index is 1170. The average molecular weight is 452 g/mol. The second kappa shape index (κ2) is 9.72. The minimum absolute atomic E-state index is 0.116. The Balaban J connectivity index is 1.63. The molecule has 0 unspecified atom stereocenters. The smallest absolute Gasteiger partial charge is 0.276 e. The highest BCUT2D eigenvalue weighted by Crippen LogP contribution is 2.34. The van der Waals surface area contributed by atoms with E-state index in [0.29, 0.717) is 41.5 Å². The molecule has 1 aliphatic rings. The summed E-state index contributed by atoms with van der Waals surface area (Å²) >= 11 is 0. The van der Waals surface area contributed by atoms with E-state index in [1.54, 1.807) is 35.4 Å². The van der Waals surface area contributed by atoms with Crippen molar-refractivity contribution in [2.75, 3.05) is 32.6 Å². The van der Waals surface area contributed by atoms with Gasteiger partial charge in [0.2, 0.25) is 0 Å². The molecule has 0 atom stereocenters. The number of hydrogen-bond donors (Lipinski definition) is 1. The summed E-state index contributed by atoms with van der Waals surface area (Å²) in [5.74, 6) is -0.318. The first-order valence-corrected chi connectivity index (χ1v) is 10.7. The van der Waals surface area contributed by atoms with Gasteiger partial charge in [0.1, 0.15) is 5.82 Å². The number of carbonyl (C=O) groups excluding carboxylic acids is 2. The van der Waals surface area contributed by atoms with E-state index in [-0.39, 0.29) is 11.6 Å². The molecule has 8 nitrogen and oxygen atoms in total. The third-order valence-electron chi connectivity index (χ3n) is 5.54. The van der Waals surface area contributed by atoms with E-state index in [9.17, 15) is 14.0 Å². The summed E-state index contributed by atoms with van der Waals surface area (Å²) in [6, 6.07) is 10.6. The molecule has 3 aromatic rings. The number of hydrogen-bond acceptors (Lipinski definition) is 5. The van der Waals surface area contributed by atoms with Gasteiger partial charge in [0, 0.05) is 25.4 Å². The first-order chi connectivity index (χ1) is 16.0. The third kappa shape index (κ3) is 4.82.